The maximum Gasteiger partial charge on any atom is 0.433 e. The van der Waals surface area contributed by atoms with Gasteiger partial charge >= 0.3 is 6.18 Å². The van der Waals surface area contributed by atoms with Gasteiger partial charge in [0.05, 0.1) is 12.6 Å². The van der Waals surface area contributed by atoms with Gasteiger partial charge in [0.2, 0.25) is 5.95 Å². The van der Waals surface area contributed by atoms with Gasteiger partial charge in [-0.1, -0.05) is 41.9 Å². The number of hydrogen-bond donors (Lipinski definition) is 3. The number of aliphatic hydroxyl groups excluding tert-OH is 1. The molecule has 0 aliphatic carbocycles. The van der Waals surface area contributed by atoms with Crippen molar-refractivity contribution in [1.82, 2.24) is 9.97 Å². The molecule has 0 spiro atoms. The molecule has 1 aromatic heterocycles. The Morgan fingerprint density at radius 2 is 1.81 bits per heavy atom. The minimum Gasteiger partial charge on any atom is -0.394 e. The van der Waals surface area contributed by atoms with Crippen molar-refractivity contribution < 1.29 is 18.3 Å². The average Bonchev–Trinajstić information content (AvgIpc) is 2.58. The molecule has 0 saturated heterocycles. The van der Waals surface area contributed by atoms with Crippen LogP contribution in [0.4, 0.5) is 24.9 Å². The summed E-state index contributed by atoms with van der Waals surface area (Å²) in [7, 11) is 0. The van der Waals surface area contributed by atoms with E-state index in [1.165, 1.54) is 0 Å². The average molecular weight is 433 g/mol. The summed E-state index contributed by atoms with van der Waals surface area (Å²) in [5, 5.41) is 15.0. The van der Waals surface area contributed by atoms with Gasteiger partial charge in [-0.25, -0.2) is 4.98 Å². The number of anilines is 2. The van der Waals surface area contributed by atoms with E-state index >= 15 is 0 Å². The molecule has 5 nitrogen and oxygen atoms in total. The number of halogens is 4. The third-order valence-electron chi connectivity index (χ3n) is 3.72. The Kier molecular flexibility index (Phi) is 6.82. The van der Waals surface area contributed by atoms with Crippen LogP contribution in [0.2, 0.25) is 0 Å². The number of aromatic nitrogens is 2. The molecule has 0 aliphatic rings. The highest BCUT2D eigenvalue weighted by atomic mass is 79.9. The zero-order valence-corrected chi connectivity index (χ0v) is 15.9. The summed E-state index contributed by atoms with van der Waals surface area (Å²) in [6.07, 6.45) is -4.60. The lowest BCUT2D eigenvalue weighted by atomic mass is 10.1. The van der Waals surface area contributed by atoms with Crippen LogP contribution in [0.25, 0.3) is 0 Å². The smallest absolute Gasteiger partial charge is 0.394 e. The molecule has 1 aromatic carbocycles. The molecule has 2 aromatic rings. The minimum absolute atomic E-state index is 0.00248. The maximum atomic E-state index is 13.1. The van der Waals surface area contributed by atoms with Crippen LogP contribution in [0.1, 0.15) is 25.1 Å². The van der Waals surface area contributed by atoms with Crippen molar-refractivity contribution >= 4 is 27.7 Å². The topological polar surface area (TPSA) is 70.1 Å². The molecule has 0 fully saturated rings. The predicted octanol–water partition coefficient (Wildman–Crippen LogP) is 4.30. The van der Waals surface area contributed by atoms with Crippen LogP contribution in [0.5, 0.6) is 0 Å². The molecule has 0 amide bonds. The standard InChI is InChI=1S/C17H20BrF3N4O/c1-10(2)13(9-26)23-16-24-14(17(19,20)21)7-15(25-16)22-8-11-3-5-12(18)6-4-11/h3-7,10,13,26H,8-9H2,1-2H3,(H2,22,23,24,25)/t13-/m0/s1. The van der Waals surface area contributed by atoms with E-state index in [4.69, 9.17) is 0 Å². The second kappa shape index (κ2) is 8.68. The lowest BCUT2D eigenvalue weighted by Gasteiger charge is -2.21. The van der Waals surface area contributed by atoms with E-state index in [1.54, 1.807) is 0 Å². The first-order valence-electron chi connectivity index (χ1n) is 8.01. The van der Waals surface area contributed by atoms with Crippen LogP contribution >= 0.6 is 15.9 Å². The van der Waals surface area contributed by atoms with Gasteiger partial charge in [0.15, 0.2) is 5.69 Å². The summed E-state index contributed by atoms with van der Waals surface area (Å²) >= 11 is 3.33. The molecule has 9 heteroatoms. The number of hydrogen-bond acceptors (Lipinski definition) is 5. The van der Waals surface area contributed by atoms with Crippen molar-refractivity contribution in [2.24, 2.45) is 5.92 Å². The van der Waals surface area contributed by atoms with Gasteiger partial charge in [-0.2, -0.15) is 18.2 Å². The highest BCUT2D eigenvalue weighted by Crippen LogP contribution is 2.30. The highest BCUT2D eigenvalue weighted by Gasteiger charge is 2.34. The third-order valence-corrected chi connectivity index (χ3v) is 4.25. The number of rotatable bonds is 7. The lowest BCUT2D eigenvalue weighted by molar-refractivity contribution is -0.141. The number of nitrogens with zero attached hydrogens (tertiary/aromatic N) is 2. The zero-order valence-electron chi connectivity index (χ0n) is 14.3. The molecule has 0 radical (unpaired) electrons. The molecule has 0 unspecified atom stereocenters. The van der Waals surface area contributed by atoms with Crippen LogP contribution < -0.4 is 10.6 Å². The number of aliphatic hydroxyl groups is 1. The summed E-state index contributed by atoms with van der Waals surface area (Å²) in [5.74, 6) is -0.124. The quantitative estimate of drug-likeness (QED) is 0.608. The van der Waals surface area contributed by atoms with E-state index in [9.17, 15) is 18.3 Å². The maximum absolute atomic E-state index is 13.1. The van der Waals surface area contributed by atoms with Crippen LogP contribution in [-0.2, 0) is 12.7 Å². The fourth-order valence-corrected chi connectivity index (χ4v) is 2.40. The van der Waals surface area contributed by atoms with Gasteiger partial charge in [-0.05, 0) is 23.6 Å². The van der Waals surface area contributed by atoms with Crippen molar-refractivity contribution in [3.8, 4) is 0 Å². The van der Waals surface area contributed by atoms with E-state index in [2.05, 4.69) is 36.5 Å². The van der Waals surface area contributed by atoms with Crippen molar-refractivity contribution in [3.63, 3.8) is 0 Å². The molecule has 3 N–H and O–H groups in total. The summed E-state index contributed by atoms with van der Waals surface area (Å²) < 4.78 is 40.3. The fourth-order valence-electron chi connectivity index (χ4n) is 2.13. The lowest BCUT2D eigenvalue weighted by Crippen LogP contribution is -2.30. The number of nitrogens with one attached hydrogen (secondary N) is 2. The van der Waals surface area contributed by atoms with Crippen molar-refractivity contribution in [2.75, 3.05) is 17.2 Å². The Morgan fingerprint density at radius 1 is 1.15 bits per heavy atom. The first-order chi connectivity index (χ1) is 12.2. The Labute approximate surface area is 158 Å². The first-order valence-corrected chi connectivity index (χ1v) is 8.80. The van der Waals surface area contributed by atoms with Crippen LogP contribution in [0.15, 0.2) is 34.8 Å². The Balaban J connectivity index is 2.23. The fraction of sp³-hybridized carbons (Fsp3) is 0.412. The molecule has 0 aliphatic heterocycles. The Hall–Kier alpha value is -1.87. The zero-order chi connectivity index (χ0) is 19.3. The molecular formula is C17H20BrF3N4O. The van der Waals surface area contributed by atoms with Crippen LogP contribution in [-0.4, -0.2) is 27.7 Å². The van der Waals surface area contributed by atoms with E-state index < -0.39 is 17.9 Å². The molecular weight excluding hydrogens is 413 g/mol. The first kappa shape index (κ1) is 20.4. The minimum atomic E-state index is -4.60. The van der Waals surface area contributed by atoms with Gasteiger partial charge in [0.1, 0.15) is 5.82 Å². The highest BCUT2D eigenvalue weighted by molar-refractivity contribution is 9.10. The number of benzene rings is 1. The van der Waals surface area contributed by atoms with Crippen molar-refractivity contribution in [1.29, 1.82) is 0 Å². The molecule has 0 saturated carbocycles. The van der Waals surface area contributed by atoms with Gasteiger partial charge in [0.25, 0.3) is 0 Å². The van der Waals surface area contributed by atoms with Gasteiger partial charge < -0.3 is 15.7 Å². The molecule has 2 rings (SSSR count). The molecule has 1 atom stereocenters. The summed E-state index contributed by atoms with van der Waals surface area (Å²) in [6.45, 7) is 3.76. The van der Waals surface area contributed by atoms with Gasteiger partial charge in [-0.15, -0.1) is 0 Å². The Bertz CT molecular complexity index is 723. The van der Waals surface area contributed by atoms with E-state index in [1.807, 2.05) is 38.1 Å². The van der Waals surface area contributed by atoms with E-state index in [0.29, 0.717) is 6.54 Å². The third kappa shape index (κ3) is 5.84. The normalized spacial score (nSPS) is 12.9. The van der Waals surface area contributed by atoms with Crippen molar-refractivity contribution in [3.05, 3.63) is 46.1 Å². The summed E-state index contributed by atoms with van der Waals surface area (Å²) in [5.41, 5.74) is -0.154. The second-order valence-corrected chi connectivity index (χ2v) is 7.03. The summed E-state index contributed by atoms with van der Waals surface area (Å²) in [6, 6.07) is 7.82. The molecule has 1 heterocycles. The van der Waals surface area contributed by atoms with Gasteiger partial charge in [-0.3, -0.25) is 0 Å². The largest absolute Gasteiger partial charge is 0.433 e. The monoisotopic (exact) mass is 432 g/mol. The molecule has 142 valence electrons. The van der Waals surface area contributed by atoms with Crippen LogP contribution in [0.3, 0.4) is 0 Å². The Morgan fingerprint density at radius 3 is 2.35 bits per heavy atom. The summed E-state index contributed by atoms with van der Waals surface area (Å²) in [4.78, 5) is 7.63. The van der Waals surface area contributed by atoms with E-state index in [-0.39, 0.29) is 24.3 Å². The van der Waals surface area contributed by atoms with Crippen LogP contribution in [0, 0.1) is 5.92 Å². The SMILES string of the molecule is CC(C)[C@H](CO)Nc1nc(NCc2ccc(Br)cc2)cc(C(F)(F)F)n1. The number of alkyl halides is 3. The van der Waals surface area contributed by atoms with Gasteiger partial charge in [0, 0.05) is 17.1 Å². The predicted molar refractivity (Wildman–Crippen MR) is 97.8 cm³/mol. The molecule has 0 bridgehead atoms. The van der Waals surface area contributed by atoms with E-state index in [0.717, 1.165) is 16.1 Å². The second-order valence-electron chi connectivity index (χ2n) is 6.12. The van der Waals surface area contributed by atoms with Crippen molar-refractivity contribution in [2.45, 2.75) is 32.6 Å². The molecule has 26 heavy (non-hydrogen) atoms.